The summed E-state index contributed by atoms with van der Waals surface area (Å²) in [5, 5.41) is 0. The van der Waals surface area contributed by atoms with Gasteiger partial charge in [0.2, 0.25) is 5.95 Å². The second kappa shape index (κ2) is 8.39. The molecule has 6 nitrogen and oxygen atoms in total. The van der Waals surface area contributed by atoms with E-state index < -0.39 is 0 Å². The average molecular weight is 390 g/mol. The van der Waals surface area contributed by atoms with Gasteiger partial charge in [0.15, 0.2) is 0 Å². The quantitative estimate of drug-likeness (QED) is 0.601. The Morgan fingerprint density at radius 2 is 1.76 bits per heavy atom. The first-order valence-electron chi connectivity index (χ1n) is 9.98. The number of nitrogen functional groups attached to an aromatic ring is 2. The third-order valence-corrected chi connectivity index (χ3v) is 4.97. The van der Waals surface area contributed by atoms with Gasteiger partial charge < -0.3 is 20.9 Å². The minimum absolute atomic E-state index is 0.175. The van der Waals surface area contributed by atoms with Crippen molar-refractivity contribution in [1.82, 2.24) is 9.97 Å². The molecule has 4 N–H and O–H groups in total. The summed E-state index contributed by atoms with van der Waals surface area (Å²) in [6, 6.07) is 14.3. The molecule has 0 bridgehead atoms. The predicted molar refractivity (Wildman–Crippen MR) is 115 cm³/mol. The van der Waals surface area contributed by atoms with Crippen LogP contribution in [-0.2, 0) is 6.42 Å². The van der Waals surface area contributed by atoms with Crippen molar-refractivity contribution in [1.29, 1.82) is 0 Å². The number of hydrogen-bond donors (Lipinski definition) is 2. The summed E-state index contributed by atoms with van der Waals surface area (Å²) < 4.78 is 12.3. The fourth-order valence-corrected chi connectivity index (χ4v) is 3.30. The maximum absolute atomic E-state index is 6.27. The van der Waals surface area contributed by atoms with Crippen LogP contribution in [0.25, 0.3) is 11.1 Å². The van der Waals surface area contributed by atoms with Gasteiger partial charge >= 0.3 is 0 Å². The molecular weight excluding hydrogens is 364 g/mol. The molecule has 0 saturated heterocycles. The lowest BCUT2D eigenvalue weighted by Crippen LogP contribution is -2.06. The Bertz CT molecular complexity index is 988. The molecule has 0 radical (unpaired) electrons. The summed E-state index contributed by atoms with van der Waals surface area (Å²) in [5.41, 5.74) is 15.6. The van der Waals surface area contributed by atoms with E-state index in [1.165, 1.54) is 12.8 Å². The van der Waals surface area contributed by atoms with E-state index in [0.29, 0.717) is 24.8 Å². The molecule has 1 aliphatic rings. The standard InChI is InChI=1S/C23H26N4O2/c1-2-28-19-11-16(10-18-13-26-23(25)27-22(18)24)12-20(29-14-15-8-9-15)21(19)17-6-4-3-5-7-17/h3-7,11-13,15H,2,8-10,14H2,1H3,(H4,24,25,26,27). The number of nitrogens with two attached hydrogens (primary N) is 2. The monoisotopic (exact) mass is 390 g/mol. The largest absolute Gasteiger partial charge is 0.493 e. The van der Waals surface area contributed by atoms with Crippen LogP contribution in [0.15, 0.2) is 48.7 Å². The van der Waals surface area contributed by atoms with Crippen LogP contribution in [0.1, 0.15) is 30.9 Å². The molecule has 3 aromatic rings. The zero-order valence-corrected chi connectivity index (χ0v) is 16.6. The van der Waals surface area contributed by atoms with Crippen molar-refractivity contribution in [2.24, 2.45) is 5.92 Å². The molecule has 0 atom stereocenters. The number of anilines is 2. The number of nitrogens with zero attached hydrogens (tertiary/aromatic N) is 2. The molecule has 6 heteroatoms. The first-order chi connectivity index (χ1) is 14.1. The van der Waals surface area contributed by atoms with Gasteiger partial charge in [-0.3, -0.25) is 0 Å². The number of rotatable bonds is 8. The fourth-order valence-electron chi connectivity index (χ4n) is 3.30. The van der Waals surface area contributed by atoms with Gasteiger partial charge in [0.25, 0.3) is 0 Å². The predicted octanol–water partition coefficient (Wildman–Crippen LogP) is 4.09. The molecule has 1 aromatic heterocycles. The summed E-state index contributed by atoms with van der Waals surface area (Å²) >= 11 is 0. The lowest BCUT2D eigenvalue weighted by atomic mass is 9.98. The Labute approximate surface area is 170 Å². The Morgan fingerprint density at radius 1 is 1.03 bits per heavy atom. The van der Waals surface area contributed by atoms with E-state index in [0.717, 1.165) is 40.4 Å². The molecule has 0 aliphatic heterocycles. The highest BCUT2D eigenvalue weighted by Gasteiger charge is 2.24. The van der Waals surface area contributed by atoms with E-state index in [-0.39, 0.29) is 5.95 Å². The van der Waals surface area contributed by atoms with Crippen LogP contribution in [0.3, 0.4) is 0 Å². The van der Waals surface area contributed by atoms with Crippen LogP contribution in [0.5, 0.6) is 11.5 Å². The van der Waals surface area contributed by atoms with E-state index in [2.05, 4.69) is 28.2 Å². The molecular formula is C23H26N4O2. The third-order valence-electron chi connectivity index (χ3n) is 4.97. The number of aromatic nitrogens is 2. The van der Waals surface area contributed by atoms with Crippen molar-refractivity contribution in [3.05, 3.63) is 59.8 Å². The van der Waals surface area contributed by atoms with Crippen LogP contribution in [0.2, 0.25) is 0 Å². The smallest absolute Gasteiger partial charge is 0.221 e. The second-order valence-corrected chi connectivity index (χ2v) is 7.34. The molecule has 1 fully saturated rings. The Morgan fingerprint density at radius 3 is 2.41 bits per heavy atom. The van der Waals surface area contributed by atoms with Gasteiger partial charge in [-0.2, -0.15) is 4.98 Å². The van der Waals surface area contributed by atoms with Crippen molar-refractivity contribution in [3.63, 3.8) is 0 Å². The van der Waals surface area contributed by atoms with Gasteiger partial charge in [0, 0.05) is 18.2 Å². The molecule has 1 heterocycles. The summed E-state index contributed by atoms with van der Waals surface area (Å²) in [7, 11) is 0. The highest BCUT2D eigenvalue weighted by Crippen LogP contribution is 2.41. The highest BCUT2D eigenvalue weighted by molar-refractivity contribution is 5.77. The summed E-state index contributed by atoms with van der Waals surface area (Å²) in [4.78, 5) is 8.14. The van der Waals surface area contributed by atoms with Crippen LogP contribution in [0.4, 0.5) is 11.8 Å². The average Bonchev–Trinajstić information content (AvgIpc) is 3.54. The summed E-state index contributed by atoms with van der Waals surface area (Å²) in [5.74, 6) is 2.85. The first kappa shape index (κ1) is 19.1. The van der Waals surface area contributed by atoms with E-state index in [4.69, 9.17) is 20.9 Å². The number of benzene rings is 2. The minimum Gasteiger partial charge on any atom is -0.493 e. The SMILES string of the molecule is CCOc1cc(Cc2cnc(N)nc2N)cc(OCC2CC2)c1-c1ccccc1. The maximum Gasteiger partial charge on any atom is 0.221 e. The molecule has 150 valence electrons. The van der Waals surface area contributed by atoms with E-state index >= 15 is 0 Å². The van der Waals surface area contributed by atoms with Gasteiger partial charge in [-0.1, -0.05) is 30.3 Å². The summed E-state index contributed by atoms with van der Waals surface area (Å²) in [6.07, 6.45) is 4.71. The molecule has 1 aliphatic carbocycles. The van der Waals surface area contributed by atoms with Crippen molar-refractivity contribution in [2.75, 3.05) is 24.7 Å². The fraction of sp³-hybridized carbons (Fsp3) is 0.304. The van der Waals surface area contributed by atoms with Crippen LogP contribution >= 0.6 is 0 Å². The lowest BCUT2D eigenvalue weighted by molar-refractivity contribution is 0.296. The van der Waals surface area contributed by atoms with Gasteiger partial charge in [-0.05, 0) is 48.9 Å². The zero-order chi connectivity index (χ0) is 20.2. The Kier molecular flexibility index (Phi) is 5.51. The van der Waals surface area contributed by atoms with Crippen molar-refractivity contribution >= 4 is 11.8 Å². The van der Waals surface area contributed by atoms with Gasteiger partial charge in [-0.15, -0.1) is 0 Å². The third kappa shape index (κ3) is 4.59. The maximum atomic E-state index is 6.27. The zero-order valence-electron chi connectivity index (χ0n) is 16.6. The lowest BCUT2D eigenvalue weighted by Gasteiger charge is -2.18. The van der Waals surface area contributed by atoms with E-state index in [1.807, 2.05) is 31.2 Å². The first-order valence-corrected chi connectivity index (χ1v) is 9.98. The second-order valence-electron chi connectivity index (χ2n) is 7.34. The summed E-state index contributed by atoms with van der Waals surface area (Å²) in [6.45, 7) is 3.28. The van der Waals surface area contributed by atoms with Crippen LogP contribution < -0.4 is 20.9 Å². The molecule has 0 amide bonds. The van der Waals surface area contributed by atoms with Crippen molar-refractivity contribution in [2.45, 2.75) is 26.2 Å². The van der Waals surface area contributed by atoms with Crippen LogP contribution in [0, 0.1) is 5.92 Å². The van der Waals surface area contributed by atoms with E-state index in [1.54, 1.807) is 6.20 Å². The molecule has 0 spiro atoms. The molecule has 4 rings (SSSR count). The molecule has 2 aromatic carbocycles. The van der Waals surface area contributed by atoms with Gasteiger partial charge in [-0.25, -0.2) is 4.98 Å². The Hall–Kier alpha value is -3.28. The van der Waals surface area contributed by atoms with Crippen LogP contribution in [-0.4, -0.2) is 23.2 Å². The molecule has 0 unspecified atom stereocenters. The Balaban J connectivity index is 1.75. The van der Waals surface area contributed by atoms with E-state index in [9.17, 15) is 0 Å². The van der Waals surface area contributed by atoms with Crippen molar-refractivity contribution < 1.29 is 9.47 Å². The molecule has 29 heavy (non-hydrogen) atoms. The molecule has 1 saturated carbocycles. The highest BCUT2D eigenvalue weighted by atomic mass is 16.5. The van der Waals surface area contributed by atoms with Crippen molar-refractivity contribution in [3.8, 4) is 22.6 Å². The van der Waals surface area contributed by atoms with Gasteiger partial charge in [0.05, 0.1) is 18.8 Å². The number of ether oxygens (including phenoxy) is 2. The normalized spacial score (nSPS) is 13.3. The topological polar surface area (TPSA) is 96.3 Å². The minimum atomic E-state index is 0.175. The van der Waals surface area contributed by atoms with Gasteiger partial charge in [0.1, 0.15) is 17.3 Å². The number of hydrogen-bond acceptors (Lipinski definition) is 6.